The zero-order valence-electron chi connectivity index (χ0n) is 13.7. The summed E-state index contributed by atoms with van der Waals surface area (Å²) in [6, 6.07) is 6.99. The molecule has 0 saturated heterocycles. The van der Waals surface area contributed by atoms with E-state index in [1.807, 2.05) is 6.07 Å². The van der Waals surface area contributed by atoms with E-state index in [9.17, 15) is 14.9 Å². The van der Waals surface area contributed by atoms with Crippen molar-refractivity contribution in [2.45, 2.75) is 24.7 Å². The third kappa shape index (κ3) is 2.29. The number of aromatic nitrogens is 1. The van der Waals surface area contributed by atoms with Crippen molar-refractivity contribution in [1.82, 2.24) is 4.98 Å². The van der Waals surface area contributed by atoms with E-state index in [1.165, 1.54) is 0 Å². The third-order valence-corrected chi connectivity index (χ3v) is 5.12. The fourth-order valence-electron chi connectivity index (χ4n) is 3.95. The number of amides is 1. The summed E-state index contributed by atoms with van der Waals surface area (Å²) < 4.78 is 0. The first kappa shape index (κ1) is 16.0. The first-order valence-electron chi connectivity index (χ1n) is 8.12. The van der Waals surface area contributed by atoms with Crippen LogP contribution in [0.3, 0.4) is 0 Å². The van der Waals surface area contributed by atoms with Gasteiger partial charge in [-0.1, -0.05) is 11.2 Å². The minimum Gasteiger partial charge on any atom is -0.310 e. The van der Waals surface area contributed by atoms with E-state index in [-0.39, 0.29) is 24.6 Å². The minimum atomic E-state index is -0.761. The zero-order chi connectivity index (χ0) is 18.3. The van der Waals surface area contributed by atoms with Gasteiger partial charge in [-0.25, -0.2) is 4.98 Å². The van der Waals surface area contributed by atoms with Crippen molar-refractivity contribution in [1.29, 1.82) is 0 Å². The number of nitrogens with zero attached hydrogens (tertiary/aromatic N) is 5. The van der Waals surface area contributed by atoms with Crippen LogP contribution in [0.5, 0.6) is 0 Å². The molecule has 9 heteroatoms. The molecule has 1 aromatic carbocycles. The zero-order valence-corrected chi connectivity index (χ0v) is 13.7. The molecule has 1 aliphatic carbocycles. The summed E-state index contributed by atoms with van der Waals surface area (Å²) in [5, 5.41) is 17.7. The van der Waals surface area contributed by atoms with Crippen LogP contribution in [0, 0.1) is 10.1 Å². The van der Waals surface area contributed by atoms with Gasteiger partial charge in [-0.05, 0) is 48.1 Å². The van der Waals surface area contributed by atoms with Crippen LogP contribution in [0.15, 0.2) is 35.6 Å². The number of hydrogen-bond acceptors (Lipinski definition) is 5. The van der Waals surface area contributed by atoms with E-state index < -0.39 is 10.3 Å². The highest BCUT2D eigenvalue weighted by atomic mass is 16.6. The van der Waals surface area contributed by atoms with Crippen LogP contribution in [0.4, 0.5) is 11.5 Å². The maximum Gasteiger partial charge on any atom is 0.272 e. The Balaban J connectivity index is 1.77. The molecule has 1 amide bonds. The van der Waals surface area contributed by atoms with Gasteiger partial charge in [0.2, 0.25) is 5.91 Å². The molecule has 1 aliphatic heterocycles. The molecule has 4 rings (SSSR count). The van der Waals surface area contributed by atoms with Gasteiger partial charge in [0, 0.05) is 34.8 Å². The van der Waals surface area contributed by atoms with Crippen LogP contribution in [0.2, 0.25) is 0 Å². The summed E-state index contributed by atoms with van der Waals surface area (Å²) in [6.45, 7) is 0.147. The Morgan fingerprint density at radius 3 is 2.88 bits per heavy atom. The molecule has 1 atom stereocenters. The number of hydrogen-bond donors (Lipinski definition) is 1. The van der Waals surface area contributed by atoms with Gasteiger partial charge < -0.3 is 5.32 Å². The number of nitrogens with one attached hydrogen (secondary N) is 1. The van der Waals surface area contributed by atoms with Gasteiger partial charge in [0.1, 0.15) is 5.82 Å². The number of carbonyl (C=O) groups is 1. The normalized spacial score (nSPS) is 19.6. The number of fused-ring (bicyclic) bond motifs is 3. The second kappa shape index (κ2) is 5.82. The predicted octanol–water partition coefficient (Wildman–Crippen LogP) is 2.83. The smallest absolute Gasteiger partial charge is 0.272 e. The number of pyridine rings is 1. The standard InChI is InChI=1S/C17H14N6O3/c18-22-20-5-3-10-6-11-8-17(9-12(11)7-14(10)23(25)26)13-2-1-4-19-15(13)21-16(17)24/h1-2,4,6-7H,3,5,8-9H2,(H,19,21,24). The van der Waals surface area contributed by atoms with Crippen LogP contribution < -0.4 is 5.32 Å². The number of anilines is 1. The lowest BCUT2D eigenvalue weighted by Crippen LogP contribution is -2.35. The van der Waals surface area contributed by atoms with Crippen LogP contribution in [-0.4, -0.2) is 22.4 Å². The highest BCUT2D eigenvalue weighted by Gasteiger charge is 2.51. The van der Waals surface area contributed by atoms with Crippen molar-refractivity contribution >= 4 is 17.4 Å². The van der Waals surface area contributed by atoms with Gasteiger partial charge in [0.25, 0.3) is 5.69 Å². The van der Waals surface area contributed by atoms with Crippen LogP contribution in [-0.2, 0) is 29.5 Å². The maximum absolute atomic E-state index is 12.7. The molecule has 26 heavy (non-hydrogen) atoms. The highest BCUT2D eigenvalue weighted by Crippen LogP contribution is 2.47. The lowest BCUT2D eigenvalue weighted by atomic mass is 9.79. The van der Waals surface area contributed by atoms with Crippen LogP contribution in [0.25, 0.3) is 10.4 Å². The summed E-state index contributed by atoms with van der Waals surface area (Å²) in [5.41, 5.74) is 10.7. The number of nitro benzene ring substituents is 1. The Morgan fingerprint density at radius 1 is 1.38 bits per heavy atom. The number of rotatable bonds is 4. The highest BCUT2D eigenvalue weighted by molar-refractivity contribution is 6.06. The molecule has 0 radical (unpaired) electrons. The first-order chi connectivity index (χ1) is 12.5. The first-order valence-corrected chi connectivity index (χ1v) is 8.12. The monoisotopic (exact) mass is 350 g/mol. The van der Waals surface area contributed by atoms with Gasteiger partial charge in [-0.2, -0.15) is 0 Å². The molecule has 0 saturated carbocycles. The van der Waals surface area contributed by atoms with Crippen molar-refractivity contribution in [3.8, 4) is 0 Å². The molecule has 1 aromatic heterocycles. The van der Waals surface area contributed by atoms with Crippen molar-refractivity contribution in [3.05, 3.63) is 73.3 Å². The largest absolute Gasteiger partial charge is 0.310 e. The van der Waals surface area contributed by atoms with E-state index in [0.29, 0.717) is 24.2 Å². The second-order valence-electron chi connectivity index (χ2n) is 6.50. The average molecular weight is 350 g/mol. The summed E-state index contributed by atoms with van der Waals surface area (Å²) in [7, 11) is 0. The molecule has 2 heterocycles. The molecular weight excluding hydrogens is 336 g/mol. The van der Waals surface area contributed by atoms with E-state index >= 15 is 0 Å². The van der Waals surface area contributed by atoms with Gasteiger partial charge in [0.05, 0.1) is 10.3 Å². The van der Waals surface area contributed by atoms with Gasteiger partial charge in [-0.15, -0.1) is 0 Å². The lowest BCUT2D eigenvalue weighted by Gasteiger charge is -2.20. The number of carbonyl (C=O) groups excluding carboxylic acids is 1. The number of nitro groups is 1. The topological polar surface area (TPSA) is 134 Å². The van der Waals surface area contributed by atoms with Crippen LogP contribution in [0.1, 0.15) is 22.3 Å². The Hall–Kier alpha value is -3.45. The summed E-state index contributed by atoms with van der Waals surface area (Å²) in [6.07, 6.45) is 2.79. The van der Waals surface area contributed by atoms with E-state index in [2.05, 4.69) is 20.3 Å². The molecule has 0 fully saturated rings. The van der Waals surface area contributed by atoms with Gasteiger partial charge in [0.15, 0.2) is 0 Å². The molecule has 130 valence electrons. The molecular formula is C17H14N6O3. The molecule has 1 N–H and O–H groups in total. The number of benzene rings is 1. The molecule has 2 aromatic rings. The maximum atomic E-state index is 12.7. The van der Waals surface area contributed by atoms with Gasteiger partial charge in [-0.3, -0.25) is 14.9 Å². The van der Waals surface area contributed by atoms with Crippen molar-refractivity contribution in [2.75, 3.05) is 11.9 Å². The average Bonchev–Trinajstić information content (AvgIpc) is 3.13. The second-order valence-corrected chi connectivity index (χ2v) is 6.50. The molecule has 0 bridgehead atoms. The molecule has 1 unspecified atom stereocenters. The quantitative estimate of drug-likeness (QED) is 0.298. The predicted molar refractivity (Wildman–Crippen MR) is 92.8 cm³/mol. The van der Waals surface area contributed by atoms with Crippen molar-refractivity contribution in [2.24, 2.45) is 5.11 Å². The fourth-order valence-corrected chi connectivity index (χ4v) is 3.95. The number of azide groups is 1. The molecule has 2 aliphatic rings. The van der Waals surface area contributed by atoms with E-state index in [1.54, 1.807) is 24.4 Å². The summed E-state index contributed by atoms with van der Waals surface area (Å²) in [4.78, 5) is 30.6. The summed E-state index contributed by atoms with van der Waals surface area (Å²) >= 11 is 0. The fraction of sp³-hybridized carbons (Fsp3) is 0.294. The van der Waals surface area contributed by atoms with Crippen molar-refractivity contribution in [3.63, 3.8) is 0 Å². The van der Waals surface area contributed by atoms with E-state index in [4.69, 9.17) is 5.53 Å². The third-order valence-electron chi connectivity index (χ3n) is 5.12. The SMILES string of the molecule is [N-]=[N+]=NCCc1cc2c(cc1[N+](=O)[O-])CC1(C2)C(=O)Nc2ncccc21. The Labute approximate surface area is 147 Å². The van der Waals surface area contributed by atoms with Gasteiger partial charge >= 0.3 is 0 Å². The molecule has 1 spiro atoms. The Kier molecular flexibility index (Phi) is 3.59. The van der Waals surface area contributed by atoms with Crippen molar-refractivity contribution < 1.29 is 9.72 Å². The summed E-state index contributed by atoms with van der Waals surface area (Å²) in [5.74, 6) is 0.434. The van der Waals surface area contributed by atoms with Crippen LogP contribution >= 0.6 is 0 Å². The Bertz CT molecular complexity index is 998. The lowest BCUT2D eigenvalue weighted by molar-refractivity contribution is -0.385. The molecule has 9 nitrogen and oxygen atoms in total. The van der Waals surface area contributed by atoms with E-state index in [0.717, 1.165) is 16.7 Å². The minimum absolute atomic E-state index is 0.00115. The Morgan fingerprint density at radius 2 is 2.15 bits per heavy atom.